The monoisotopic (exact) mass is 293 g/mol. The van der Waals surface area contributed by atoms with Crippen LogP contribution in [0.5, 0.6) is 0 Å². The van der Waals surface area contributed by atoms with Crippen LogP contribution >= 0.6 is 0 Å². The summed E-state index contributed by atoms with van der Waals surface area (Å²) < 4.78 is 28.3. The lowest BCUT2D eigenvalue weighted by Crippen LogP contribution is -2.37. The Labute approximate surface area is 118 Å². The second kappa shape index (κ2) is 3.65. The first-order valence-electron chi connectivity index (χ1n) is 7.71. The Morgan fingerprint density at radius 2 is 2.00 bits per heavy atom. The number of nitrogens with one attached hydrogen (secondary N) is 2. The van der Waals surface area contributed by atoms with Gasteiger partial charge in [-0.25, -0.2) is 13.1 Å². The van der Waals surface area contributed by atoms with Crippen molar-refractivity contribution in [1.82, 2.24) is 14.9 Å². The fourth-order valence-electron chi connectivity index (χ4n) is 4.98. The van der Waals surface area contributed by atoms with Crippen LogP contribution in [0.1, 0.15) is 43.7 Å². The van der Waals surface area contributed by atoms with Gasteiger partial charge in [-0.2, -0.15) is 5.10 Å². The van der Waals surface area contributed by atoms with Crippen LogP contribution < -0.4 is 4.72 Å². The van der Waals surface area contributed by atoms with E-state index in [1.807, 2.05) is 0 Å². The summed E-state index contributed by atoms with van der Waals surface area (Å²) in [7, 11) is -3.41. The Morgan fingerprint density at radius 1 is 1.25 bits per heavy atom. The van der Waals surface area contributed by atoms with Gasteiger partial charge in [0.15, 0.2) is 0 Å². The quantitative estimate of drug-likeness (QED) is 0.885. The average Bonchev–Trinajstić information content (AvgIpc) is 2.85. The molecule has 0 saturated heterocycles. The van der Waals surface area contributed by atoms with Crippen LogP contribution in [-0.2, 0) is 10.0 Å². The standard InChI is InChI=1S/C14H19N3O2S/c18-20(19,11-6-15-16-13(11)7-2-1-3-7)17-14-8-4-9-10(5-8)12(9)14/h6-10,12,14,17H,1-5H2,(H,15,16). The molecule has 0 amide bonds. The van der Waals surface area contributed by atoms with Crippen molar-refractivity contribution in [3.63, 3.8) is 0 Å². The van der Waals surface area contributed by atoms with Crippen molar-refractivity contribution < 1.29 is 8.42 Å². The van der Waals surface area contributed by atoms with E-state index >= 15 is 0 Å². The Bertz CT molecular complexity index is 650. The Morgan fingerprint density at radius 3 is 2.55 bits per heavy atom. The molecule has 0 aromatic carbocycles. The van der Waals surface area contributed by atoms with Gasteiger partial charge in [-0.1, -0.05) is 6.42 Å². The molecule has 6 heteroatoms. The highest BCUT2D eigenvalue weighted by Crippen LogP contribution is 2.70. The van der Waals surface area contributed by atoms with Crippen LogP contribution in [0.4, 0.5) is 0 Å². The molecule has 6 rings (SSSR count). The molecule has 3 atom stereocenters. The number of hydrogen-bond donors (Lipinski definition) is 2. The van der Waals surface area contributed by atoms with E-state index in [1.165, 1.54) is 25.5 Å². The maximum atomic E-state index is 12.7. The minimum absolute atomic E-state index is 0.194. The van der Waals surface area contributed by atoms with Crippen LogP contribution in [0.15, 0.2) is 11.1 Å². The first kappa shape index (κ1) is 11.7. The van der Waals surface area contributed by atoms with E-state index in [9.17, 15) is 8.42 Å². The van der Waals surface area contributed by atoms with Crippen LogP contribution in [0, 0.1) is 23.7 Å². The summed E-state index contributed by atoms with van der Waals surface area (Å²) in [5.41, 5.74) is 0.821. The highest BCUT2D eigenvalue weighted by atomic mass is 32.2. The number of H-pyrrole nitrogens is 1. The number of sulfonamides is 1. The van der Waals surface area contributed by atoms with Gasteiger partial charge < -0.3 is 0 Å². The first-order chi connectivity index (χ1) is 9.65. The molecule has 20 heavy (non-hydrogen) atoms. The lowest BCUT2D eigenvalue weighted by Gasteiger charge is -2.25. The molecule has 108 valence electrons. The highest BCUT2D eigenvalue weighted by molar-refractivity contribution is 7.89. The van der Waals surface area contributed by atoms with Gasteiger partial charge >= 0.3 is 0 Å². The van der Waals surface area contributed by atoms with Gasteiger partial charge in [-0.3, -0.25) is 5.10 Å². The first-order valence-corrected chi connectivity index (χ1v) is 9.19. The highest BCUT2D eigenvalue weighted by Gasteiger charge is 2.68. The Kier molecular flexibility index (Phi) is 2.15. The van der Waals surface area contributed by atoms with Crippen LogP contribution in [-0.4, -0.2) is 24.7 Å². The smallest absolute Gasteiger partial charge is 0.244 e. The van der Waals surface area contributed by atoms with E-state index in [4.69, 9.17) is 0 Å². The van der Waals surface area contributed by atoms with Crippen LogP contribution in [0.3, 0.4) is 0 Å². The number of rotatable bonds is 4. The molecule has 0 spiro atoms. The van der Waals surface area contributed by atoms with Gasteiger partial charge in [-0.05, 0) is 49.4 Å². The summed E-state index contributed by atoms with van der Waals surface area (Å²) in [6.45, 7) is 0. The summed E-state index contributed by atoms with van der Waals surface area (Å²) in [6.07, 6.45) is 7.30. The minimum Gasteiger partial charge on any atom is -0.281 e. The third-order valence-corrected chi connectivity index (χ3v) is 7.68. The van der Waals surface area contributed by atoms with Crippen molar-refractivity contribution >= 4 is 10.0 Å². The van der Waals surface area contributed by atoms with Gasteiger partial charge in [0.25, 0.3) is 0 Å². The molecule has 2 N–H and O–H groups in total. The van der Waals surface area contributed by atoms with Gasteiger partial charge in [0, 0.05) is 12.0 Å². The number of aromatic amines is 1. The summed E-state index contributed by atoms with van der Waals surface area (Å²) in [6, 6.07) is 0.194. The van der Waals surface area contributed by atoms with E-state index in [0.717, 1.165) is 30.4 Å². The molecule has 3 unspecified atom stereocenters. The van der Waals surface area contributed by atoms with Crippen LogP contribution in [0.25, 0.3) is 0 Å². The largest absolute Gasteiger partial charge is 0.281 e. The molecule has 4 bridgehead atoms. The lowest BCUT2D eigenvalue weighted by molar-refractivity contribution is 0.404. The normalized spacial score (nSPS) is 41.9. The van der Waals surface area contributed by atoms with Crippen molar-refractivity contribution in [1.29, 1.82) is 0 Å². The van der Waals surface area contributed by atoms with E-state index in [2.05, 4.69) is 14.9 Å². The number of nitrogens with zero attached hydrogens (tertiary/aromatic N) is 1. The molecule has 5 aliphatic rings. The van der Waals surface area contributed by atoms with E-state index < -0.39 is 10.0 Å². The van der Waals surface area contributed by atoms with E-state index in [0.29, 0.717) is 22.6 Å². The number of hydrogen-bond acceptors (Lipinski definition) is 3. The molecular weight excluding hydrogens is 274 g/mol. The minimum atomic E-state index is -3.41. The predicted molar refractivity (Wildman–Crippen MR) is 72.5 cm³/mol. The van der Waals surface area contributed by atoms with Crippen molar-refractivity contribution in [3.8, 4) is 0 Å². The summed E-state index contributed by atoms with van der Waals surface area (Å²) in [5.74, 6) is 3.22. The zero-order valence-electron chi connectivity index (χ0n) is 11.2. The van der Waals surface area contributed by atoms with Gasteiger partial charge in [0.05, 0.1) is 11.9 Å². The zero-order chi connectivity index (χ0) is 13.5. The molecule has 0 aliphatic heterocycles. The van der Waals surface area contributed by atoms with E-state index in [1.54, 1.807) is 0 Å². The van der Waals surface area contributed by atoms with Gasteiger partial charge in [0.2, 0.25) is 10.0 Å². The average molecular weight is 293 g/mol. The molecule has 0 radical (unpaired) electrons. The molecule has 5 saturated carbocycles. The molecular formula is C14H19N3O2S. The van der Waals surface area contributed by atoms with Crippen LogP contribution in [0.2, 0.25) is 0 Å². The zero-order valence-corrected chi connectivity index (χ0v) is 12.1. The topological polar surface area (TPSA) is 74.8 Å². The van der Waals surface area contributed by atoms with Gasteiger partial charge in [0.1, 0.15) is 4.90 Å². The Balaban J connectivity index is 1.43. The molecule has 1 heterocycles. The molecule has 5 fully saturated rings. The third kappa shape index (κ3) is 1.41. The summed E-state index contributed by atoms with van der Waals surface area (Å²) in [4.78, 5) is 0.392. The lowest BCUT2D eigenvalue weighted by atomic mass is 9.83. The van der Waals surface area contributed by atoms with Crippen molar-refractivity contribution in [2.75, 3.05) is 0 Å². The summed E-state index contributed by atoms with van der Waals surface area (Å²) in [5, 5.41) is 6.89. The third-order valence-electron chi connectivity index (χ3n) is 6.20. The molecule has 5 aliphatic carbocycles. The SMILES string of the molecule is O=S(=O)(NC1C2CC3C(C2)C31)c1cn[nH]c1C1CCC1. The van der Waals surface area contributed by atoms with Gasteiger partial charge in [-0.15, -0.1) is 0 Å². The predicted octanol–water partition coefficient (Wildman–Crippen LogP) is 1.61. The second-order valence-corrected chi connectivity index (χ2v) is 8.74. The fourth-order valence-corrected chi connectivity index (χ4v) is 6.51. The van der Waals surface area contributed by atoms with Crippen molar-refractivity contribution in [2.45, 2.75) is 49.0 Å². The fraction of sp³-hybridized carbons (Fsp3) is 0.786. The maximum Gasteiger partial charge on any atom is 0.244 e. The Hall–Kier alpha value is -0.880. The number of aromatic nitrogens is 2. The van der Waals surface area contributed by atoms with Crippen molar-refractivity contribution in [3.05, 3.63) is 11.9 Å². The van der Waals surface area contributed by atoms with E-state index in [-0.39, 0.29) is 6.04 Å². The molecule has 1 aromatic rings. The molecule has 5 nitrogen and oxygen atoms in total. The maximum absolute atomic E-state index is 12.7. The summed E-state index contributed by atoms with van der Waals surface area (Å²) >= 11 is 0. The molecule has 1 aromatic heterocycles. The van der Waals surface area contributed by atoms with Crippen molar-refractivity contribution in [2.24, 2.45) is 23.7 Å². The second-order valence-electron chi connectivity index (χ2n) is 7.06.